The zero-order chi connectivity index (χ0) is 11.5. The maximum Gasteiger partial charge on any atom is 0.211 e. The summed E-state index contributed by atoms with van der Waals surface area (Å²) >= 11 is 0. The van der Waals surface area contributed by atoms with Crippen molar-refractivity contribution in [2.24, 2.45) is 10.6 Å². The van der Waals surface area contributed by atoms with Crippen molar-refractivity contribution in [3.8, 4) is 0 Å². The fourth-order valence-electron chi connectivity index (χ4n) is 2.30. The molecule has 1 aliphatic rings. The van der Waals surface area contributed by atoms with Gasteiger partial charge in [-0.05, 0) is 31.1 Å². The van der Waals surface area contributed by atoms with E-state index in [4.69, 9.17) is 5.14 Å². The number of rotatable bonds is 1. The number of nitrogens with two attached hydrogens (primary N) is 1. The third-order valence-corrected chi connectivity index (χ3v) is 4.89. The van der Waals surface area contributed by atoms with Gasteiger partial charge in [-0.1, -0.05) is 33.1 Å². The predicted molar refractivity (Wildman–Crippen MR) is 63.0 cm³/mol. The Hall–Kier alpha value is -0.0900. The highest BCUT2D eigenvalue weighted by Crippen LogP contribution is 2.33. The number of hydrogen-bond acceptors (Lipinski definition) is 2. The zero-order valence-electron chi connectivity index (χ0n) is 9.83. The molecule has 4 heteroatoms. The molecule has 1 aliphatic carbocycles. The fraction of sp³-hybridized carbons (Fsp3) is 1.00. The van der Waals surface area contributed by atoms with Crippen molar-refractivity contribution in [1.82, 2.24) is 0 Å². The lowest BCUT2D eigenvalue weighted by Gasteiger charge is -2.25. The first kappa shape index (κ1) is 13.0. The molecule has 3 nitrogen and oxygen atoms in total. The van der Waals surface area contributed by atoms with Gasteiger partial charge < -0.3 is 0 Å². The largest absolute Gasteiger partial charge is 0.228 e. The topological polar surface area (TPSA) is 60.2 Å². The Kier molecular flexibility index (Phi) is 4.18. The number of hydrogen-bond donors (Lipinski definition) is 1. The van der Waals surface area contributed by atoms with E-state index in [1.165, 1.54) is 12.8 Å². The molecule has 90 valence electrons. The van der Waals surface area contributed by atoms with E-state index in [1.807, 2.05) is 0 Å². The second kappa shape index (κ2) is 4.83. The van der Waals surface area contributed by atoms with Crippen LogP contribution in [0.2, 0.25) is 0 Å². The van der Waals surface area contributed by atoms with Crippen LogP contribution in [-0.2, 0) is 10.0 Å². The lowest BCUT2D eigenvalue weighted by molar-refractivity contribution is 0.293. The fourth-order valence-corrected chi connectivity index (χ4v) is 3.24. The van der Waals surface area contributed by atoms with Gasteiger partial charge in [0.1, 0.15) is 0 Å². The Bertz CT molecular complexity index is 296. The number of primary sulfonamides is 1. The summed E-state index contributed by atoms with van der Waals surface area (Å²) in [4.78, 5) is 0. The molecule has 0 saturated heterocycles. The molecule has 0 radical (unpaired) electrons. The van der Waals surface area contributed by atoms with E-state index in [0.29, 0.717) is 0 Å². The highest BCUT2D eigenvalue weighted by atomic mass is 32.2. The van der Waals surface area contributed by atoms with Crippen molar-refractivity contribution < 1.29 is 8.42 Å². The van der Waals surface area contributed by atoms with Gasteiger partial charge in [0.15, 0.2) is 0 Å². The number of sulfonamides is 1. The highest BCUT2D eigenvalue weighted by Gasteiger charge is 2.26. The molecule has 1 unspecified atom stereocenters. The second-order valence-corrected chi connectivity index (χ2v) is 7.36. The average Bonchev–Trinajstić information content (AvgIpc) is 2.13. The smallest absolute Gasteiger partial charge is 0.211 e. The van der Waals surface area contributed by atoms with Crippen LogP contribution in [-0.4, -0.2) is 13.7 Å². The second-order valence-electron chi connectivity index (χ2n) is 5.51. The van der Waals surface area contributed by atoms with Crippen LogP contribution in [0.4, 0.5) is 0 Å². The quantitative estimate of drug-likeness (QED) is 0.756. The van der Waals surface area contributed by atoms with Crippen molar-refractivity contribution in [2.45, 2.75) is 64.0 Å². The van der Waals surface area contributed by atoms with E-state index >= 15 is 0 Å². The molecule has 0 aromatic heterocycles. The van der Waals surface area contributed by atoms with Crippen molar-refractivity contribution in [1.29, 1.82) is 0 Å². The van der Waals surface area contributed by atoms with Crippen molar-refractivity contribution in [2.75, 3.05) is 0 Å². The summed E-state index contributed by atoms with van der Waals surface area (Å²) in [5, 5.41) is 4.93. The van der Waals surface area contributed by atoms with Crippen LogP contribution in [0, 0.1) is 5.41 Å². The minimum Gasteiger partial charge on any atom is -0.228 e. The molecule has 2 N–H and O–H groups in total. The monoisotopic (exact) mass is 233 g/mol. The van der Waals surface area contributed by atoms with Crippen LogP contribution in [0.25, 0.3) is 0 Å². The first-order valence-corrected chi connectivity index (χ1v) is 7.44. The van der Waals surface area contributed by atoms with Crippen molar-refractivity contribution in [3.05, 3.63) is 0 Å². The summed E-state index contributed by atoms with van der Waals surface area (Å²) in [6, 6.07) is 0. The van der Waals surface area contributed by atoms with Crippen LogP contribution < -0.4 is 5.14 Å². The normalized spacial score (nSPS) is 28.9. The van der Waals surface area contributed by atoms with Crippen LogP contribution >= 0.6 is 0 Å². The molecule has 0 bridgehead atoms. The van der Waals surface area contributed by atoms with Gasteiger partial charge in [0.25, 0.3) is 0 Å². The lowest BCUT2D eigenvalue weighted by Crippen LogP contribution is -2.29. The Labute approximate surface area is 93.5 Å². The van der Waals surface area contributed by atoms with E-state index in [1.54, 1.807) is 0 Å². The highest BCUT2D eigenvalue weighted by molar-refractivity contribution is 7.89. The van der Waals surface area contributed by atoms with Gasteiger partial charge >= 0.3 is 0 Å². The Morgan fingerprint density at radius 1 is 1.07 bits per heavy atom. The van der Waals surface area contributed by atoms with Gasteiger partial charge in [-0.15, -0.1) is 0 Å². The van der Waals surface area contributed by atoms with Gasteiger partial charge in [-0.25, -0.2) is 13.6 Å². The third-order valence-electron chi connectivity index (χ3n) is 3.49. The summed E-state index contributed by atoms with van der Waals surface area (Å²) in [5.74, 6) is 0. The molecule has 0 spiro atoms. The molecule has 0 aromatic rings. The standard InChI is InChI=1S/C11H23NO2S/c1-11(2)8-5-3-4-6-10(7-9-11)15(12,13)14/h10H,3-9H2,1-2H3,(H2,12,13,14). The van der Waals surface area contributed by atoms with E-state index in [9.17, 15) is 8.42 Å². The van der Waals surface area contributed by atoms with Gasteiger partial charge in [0, 0.05) is 0 Å². The molecule has 15 heavy (non-hydrogen) atoms. The summed E-state index contributed by atoms with van der Waals surface area (Å²) in [6.45, 7) is 4.44. The SMILES string of the molecule is CC1(C)CCCCCC(S(N)(=O)=O)CC1. The predicted octanol–water partition coefficient (Wildman–Crippen LogP) is 2.41. The first-order valence-electron chi connectivity index (χ1n) is 5.83. The van der Waals surface area contributed by atoms with Gasteiger partial charge in [-0.3, -0.25) is 0 Å². The van der Waals surface area contributed by atoms with Crippen LogP contribution in [0.1, 0.15) is 58.8 Å². The average molecular weight is 233 g/mol. The molecule has 1 fully saturated rings. The van der Waals surface area contributed by atoms with E-state index < -0.39 is 10.0 Å². The minimum atomic E-state index is -3.33. The first-order chi connectivity index (χ1) is 6.81. The summed E-state index contributed by atoms with van der Waals surface area (Å²) in [6.07, 6.45) is 6.98. The van der Waals surface area contributed by atoms with E-state index in [0.717, 1.165) is 32.1 Å². The Morgan fingerprint density at radius 3 is 2.33 bits per heavy atom. The van der Waals surface area contributed by atoms with Gasteiger partial charge in [0.2, 0.25) is 10.0 Å². The maximum atomic E-state index is 11.4. The Morgan fingerprint density at radius 2 is 1.73 bits per heavy atom. The maximum absolute atomic E-state index is 11.4. The lowest BCUT2D eigenvalue weighted by atomic mass is 9.83. The van der Waals surface area contributed by atoms with Crippen LogP contribution in [0.3, 0.4) is 0 Å². The van der Waals surface area contributed by atoms with Crippen LogP contribution in [0.5, 0.6) is 0 Å². The molecule has 0 amide bonds. The molecule has 0 aromatic carbocycles. The van der Waals surface area contributed by atoms with Crippen molar-refractivity contribution in [3.63, 3.8) is 0 Å². The molecule has 0 aliphatic heterocycles. The molecular weight excluding hydrogens is 210 g/mol. The van der Waals surface area contributed by atoms with Crippen LogP contribution in [0.15, 0.2) is 0 Å². The molecule has 1 rings (SSSR count). The third kappa shape index (κ3) is 4.51. The van der Waals surface area contributed by atoms with E-state index in [2.05, 4.69) is 13.8 Å². The summed E-state index contributed by atoms with van der Waals surface area (Å²) in [5.41, 5.74) is 0.271. The summed E-state index contributed by atoms with van der Waals surface area (Å²) in [7, 11) is -3.33. The molecule has 1 atom stereocenters. The molecule has 1 saturated carbocycles. The Balaban J connectivity index is 2.68. The molecular formula is C11H23NO2S. The minimum absolute atomic E-state index is 0.271. The van der Waals surface area contributed by atoms with Crippen molar-refractivity contribution >= 4 is 10.0 Å². The van der Waals surface area contributed by atoms with Gasteiger partial charge in [-0.2, -0.15) is 0 Å². The van der Waals surface area contributed by atoms with Gasteiger partial charge in [0.05, 0.1) is 5.25 Å². The zero-order valence-corrected chi connectivity index (χ0v) is 10.6. The summed E-state index contributed by atoms with van der Waals surface area (Å²) < 4.78 is 22.7. The molecule has 0 heterocycles. The van der Waals surface area contributed by atoms with E-state index in [-0.39, 0.29) is 10.7 Å².